The Hall–Kier alpha value is -1.49. The van der Waals surface area contributed by atoms with Gasteiger partial charge in [0, 0.05) is 0 Å². The van der Waals surface area contributed by atoms with Crippen molar-refractivity contribution in [2.75, 3.05) is 0 Å². The van der Waals surface area contributed by atoms with Crippen molar-refractivity contribution in [1.82, 2.24) is 0 Å². The number of ether oxygens (including phenoxy) is 1. The average molecular weight is 217 g/mol. The summed E-state index contributed by atoms with van der Waals surface area (Å²) in [6, 6.07) is 10.2. The maximum Gasteiger partial charge on any atom is 0.184 e. The molecule has 0 aliphatic carbocycles. The highest BCUT2D eigenvalue weighted by atomic mass is 16.5. The van der Waals surface area contributed by atoms with Crippen LogP contribution in [0.4, 0.5) is 0 Å². The summed E-state index contributed by atoms with van der Waals surface area (Å²) in [6.07, 6.45) is 1.51. The van der Waals surface area contributed by atoms with Crippen LogP contribution < -0.4 is 4.74 Å². The van der Waals surface area contributed by atoms with Gasteiger partial charge in [-0.15, -0.1) is 0 Å². The number of rotatable bonds is 5. The van der Waals surface area contributed by atoms with E-state index in [1.807, 2.05) is 19.1 Å². The van der Waals surface area contributed by atoms with E-state index < -0.39 is 0 Å². The van der Waals surface area contributed by atoms with Gasteiger partial charge >= 0.3 is 0 Å². The van der Waals surface area contributed by atoms with Crippen molar-refractivity contribution in [2.45, 2.75) is 45.6 Å². The van der Waals surface area contributed by atoms with Crippen molar-refractivity contribution in [3.05, 3.63) is 29.8 Å². The number of nitrogens with zero attached hydrogens (tertiary/aromatic N) is 1. The minimum Gasteiger partial charge on any atom is -0.476 e. The summed E-state index contributed by atoms with van der Waals surface area (Å²) in [5, 5.41) is 8.79. The second-order valence-corrected chi connectivity index (χ2v) is 4.02. The van der Waals surface area contributed by atoms with Crippen LogP contribution in [0.3, 0.4) is 0 Å². The molecule has 2 nitrogen and oxygen atoms in total. The lowest BCUT2D eigenvalue weighted by Gasteiger charge is -2.12. The van der Waals surface area contributed by atoms with Crippen LogP contribution in [0.2, 0.25) is 0 Å². The first-order valence-corrected chi connectivity index (χ1v) is 5.87. The van der Waals surface area contributed by atoms with E-state index in [2.05, 4.69) is 32.0 Å². The Bertz CT molecular complexity index is 350. The quantitative estimate of drug-likeness (QED) is 0.749. The smallest absolute Gasteiger partial charge is 0.184 e. The van der Waals surface area contributed by atoms with Crippen molar-refractivity contribution in [1.29, 1.82) is 5.26 Å². The Balaban J connectivity index is 2.68. The monoisotopic (exact) mass is 217 g/mol. The Kier molecular flexibility index (Phi) is 4.85. The van der Waals surface area contributed by atoms with Gasteiger partial charge in [-0.1, -0.05) is 32.9 Å². The van der Waals surface area contributed by atoms with Crippen molar-refractivity contribution in [3.63, 3.8) is 0 Å². The Morgan fingerprint density at radius 1 is 1.19 bits per heavy atom. The van der Waals surface area contributed by atoms with E-state index in [1.54, 1.807) is 0 Å². The van der Waals surface area contributed by atoms with E-state index >= 15 is 0 Å². The Morgan fingerprint density at radius 3 is 2.25 bits per heavy atom. The molecule has 0 spiro atoms. The fourth-order valence-electron chi connectivity index (χ4n) is 1.48. The molecule has 2 heteroatoms. The molecular formula is C14H19NO. The van der Waals surface area contributed by atoms with Gasteiger partial charge < -0.3 is 4.74 Å². The SMILES string of the molecule is CCC(C#N)Oc1ccc(C(C)CC)cc1. The van der Waals surface area contributed by atoms with Gasteiger partial charge in [-0.05, 0) is 36.5 Å². The molecule has 0 N–H and O–H groups in total. The molecule has 0 heterocycles. The molecule has 2 unspecified atom stereocenters. The van der Waals surface area contributed by atoms with Gasteiger partial charge in [0.15, 0.2) is 6.10 Å². The number of nitriles is 1. The summed E-state index contributed by atoms with van der Waals surface area (Å²) in [5.41, 5.74) is 1.32. The molecule has 1 aromatic rings. The largest absolute Gasteiger partial charge is 0.476 e. The molecular weight excluding hydrogens is 198 g/mol. The van der Waals surface area contributed by atoms with Gasteiger partial charge in [-0.2, -0.15) is 5.26 Å². The van der Waals surface area contributed by atoms with Crippen LogP contribution in [-0.4, -0.2) is 6.10 Å². The van der Waals surface area contributed by atoms with Crippen LogP contribution in [0.15, 0.2) is 24.3 Å². The van der Waals surface area contributed by atoms with E-state index in [9.17, 15) is 0 Å². The molecule has 16 heavy (non-hydrogen) atoms. The summed E-state index contributed by atoms with van der Waals surface area (Å²) in [5.74, 6) is 1.35. The highest BCUT2D eigenvalue weighted by Gasteiger charge is 2.07. The molecule has 2 atom stereocenters. The maximum absolute atomic E-state index is 8.79. The number of hydrogen-bond donors (Lipinski definition) is 0. The third-order valence-corrected chi connectivity index (χ3v) is 2.85. The van der Waals surface area contributed by atoms with Crippen LogP contribution in [0.25, 0.3) is 0 Å². The highest BCUT2D eigenvalue weighted by Crippen LogP contribution is 2.22. The summed E-state index contributed by atoms with van der Waals surface area (Å²) in [6.45, 7) is 6.33. The summed E-state index contributed by atoms with van der Waals surface area (Å²) in [4.78, 5) is 0. The topological polar surface area (TPSA) is 33.0 Å². The molecule has 0 saturated carbocycles. The first-order valence-electron chi connectivity index (χ1n) is 5.87. The van der Waals surface area contributed by atoms with Crippen LogP contribution in [0.5, 0.6) is 5.75 Å². The van der Waals surface area contributed by atoms with Crippen molar-refractivity contribution in [2.24, 2.45) is 0 Å². The first-order chi connectivity index (χ1) is 7.71. The second-order valence-electron chi connectivity index (χ2n) is 4.02. The average Bonchev–Trinajstić information content (AvgIpc) is 2.35. The van der Waals surface area contributed by atoms with Crippen LogP contribution in [-0.2, 0) is 0 Å². The number of benzene rings is 1. The molecule has 0 saturated heterocycles. The van der Waals surface area contributed by atoms with Gasteiger partial charge in [0.1, 0.15) is 11.8 Å². The van der Waals surface area contributed by atoms with Crippen molar-refractivity contribution in [3.8, 4) is 11.8 Å². The molecule has 0 amide bonds. The predicted octanol–water partition coefficient (Wildman–Crippen LogP) is 3.88. The van der Waals surface area contributed by atoms with Gasteiger partial charge in [-0.3, -0.25) is 0 Å². The molecule has 0 fully saturated rings. The summed E-state index contributed by atoms with van der Waals surface area (Å²) < 4.78 is 5.52. The van der Waals surface area contributed by atoms with Gasteiger partial charge in [0.05, 0.1) is 0 Å². The van der Waals surface area contributed by atoms with E-state index in [1.165, 1.54) is 5.56 Å². The van der Waals surface area contributed by atoms with Crippen LogP contribution in [0, 0.1) is 11.3 Å². The van der Waals surface area contributed by atoms with E-state index in [4.69, 9.17) is 10.00 Å². The number of hydrogen-bond acceptors (Lipinski definition) is 2. The van der Waals surface area contributed by atoms with E-state index in [0.717, 1.165) is 12.2 Å². The normalized spacial score (nSPS) is 13.9. The van der Waals surface area contributed by atoms with Gasteiger partial charge in [0.25, 0.3) is 0 Å². The maximum atomic E-state index is 8.79. The fraction of sp³-hybridized carbons (Fsp3) is 0.500. The molecule has 0 aliphatic rings. The second kappa shape index (κ2) is 6.17. The Labute approximate surface area is 97.9 Å². The molecule has 0 aliphatic heterocycles. The molecule has 0 radical (unpaired) electrons. The van der Waals surface area contributed by atoms with Crippen LogP contribution >= 0.6 is 0 Å². The zero-order valence-electron chi connectivity index (χ0n) is 10.2. The first kappa shape index (κ1) is 12.6. The minimum atomic E-state index is -0.338. The van der Waals surface area contributed by atoms with E-state index in [-0.39, 0.29) is 6.10 Å². The standard InChI is InChI=1S/C14H19NO/c1-4-11(3)12-6-8-14(9-7-12)16-13(5-2)10-15/h6-9,11,13H,4-5H2,1-3H3. The molecule has 1 rings (SSSR count). The zero-order valence-corrected chi connectivity index (χ0v) is 10.2. The molecule has 0 bridgehead atoms. The lowest BCUT2D eigenvalue weighted by Crippen LogP contribution is -2.12. The molecule has 1 aromatic carbocycles. The van der Waals surface area contributed by atoms with Crippen LogP contribution in [0.1, 0.15) is 45.1 Å². The Morgan fingerprint density at radius 2 is 1.81 bits per heavy atom. The molecule has 0 aromatic heterocycles. The van der Waals surface area contributed by atoms with E-state index in [0.29, 0.717) is 12.3 Å². The molecule has 86 valence electrons. The summed E-state index contributed by atoms with van der Waals surface area (Å²) >= 11 is 0. The zero-order chi connectivity index (χ0) is 12.0. The third-order valence-electron chi connectivity index (χ3n) is 2.85. The fourth-order valence-corrected chi connectivity index (χ4v) is 1.48. The highest BCUT2D eigenvalue weighted by molar-refractivity contribution is 5.29. The predicted molar refractivity (Wildman–Crippen MR) is 65.5 cm³/mol. The lowest BCUT2D eigenvalue weighted by molar-refractivity contribution is 0.252. The summed E-state index contributed by atoms with van der Waals surface area (Å²) in [7, 11) is 0. The third kappa shape index (κ3) is 3.27. The minimum absolute atomic E-state index is 0.338. The lowest BCUT2D eigenvalue weighted by atomic mass is 9.99. The van der Waals surface area contributed by atoms with Crippen molar-refractivity contribution >= 4 is 0 Å². The van der Waals surface area contributed by atoms with Gasteiger partial charge in [0.2, 0.25) is 0 Å². The van der Waals surface area contributed by atoms with Gasteiger partial charge in [-0.25, -0.2) is 0 Å². The van der Waals surface area contributed by atoms with Crippen molar-refractivity contribution < 1.29 is 4.74 Å².